The number of rotatable bonds is 2. The van der Waals surface area contributed by atoms with E-state index in [0.29, 0.717) is 5.92 Å². The second-order valence-corrected chi connectivity index (χ2v) is 2.77. The van der Waals surface area contributed by atoms with E-state index in [9.17, 15) is 0 Å². The molecule has 88 valence electrons. The molecule has 1 heterocycles. The molecule has 1 atom stereocenters. The van der Waals surface area contributed by atoms with Crippen LogP contribution in [0.15, 0.2) is 36.6 Å². The van der Waals surface area contributed by atoms with E-state index in [1.165, 1.54) is 5.57 Å². The Morgan fingerprint density at radius 3 is 2.00 bits per heavy atom. The third-order valence-corrected chi connectivity index (χ3v) is 2.03. The quantitative estimate of drug-likeness (QED) is 0.640. The first-order valence-electron chi connectivity index (χ1n) is 5.91. The molecule has 0 aromatic rings. The molecule has 0 N–H and O–H groups in total. The van der Waals surface area contributed by atoms with Crippen molar-refractivity contribution >= 4 is 0 Å². The Balaban J connectivity index is 0. The van der Waals surface area contributed by atoms with Crippen molar-refractivity contribution in [3.63, 3.8) is 0 Å². The van der Waals surface area contributed by atoms with E-state index < -0.39 is 0 Å². The van der Waals surface area contributed by atoms with Crippen LogP contribution >= 0.6 is 0 Å². The summed E-state index contributed by atoms with van der Waals surface area (Å²) in [5.74, 6) is 1.47. The molecule has 0 aliphatic carbocycles. The van der Waals surface area contributed by atoms with Gasteiger partial charge in [0.15, 0.2) is 0 Å². The average molecular weight is 210 g/mol. The lowest BCUT2D eigenvalue weighted by Crippen LogP contribution is -2.12. The van der Waals surface area contributed by atoms with Crippen LogP contribution in [0.3, 0.4) is 0 Å². The Morgan fingerprint density at radius 1 is 1.13 bits per heavy atom. The van der Waals surface area contributed by atoms with Gasteiger partial charge in [-0.1, -0.05) is 53.9 Å². The SMILES string of the molecule is C=CC1=C(C=C)C(C)CCO1.CC.CC. The van der Waals surface area contributed by atoms with Gasteiger partial charge in [-0.15, -0.1) is 0 Å². The van der Waals surface area contributed by atoms with E-state index >= 15 is 0 Å². The summed E-state index contributed by atoms with van der Waals surface area (Å²) in [4.78, 5) is 0. The van der Waals surface area contributed by atoms with E-state index in [1.807, 2.05) is 33.8 Å². The normalized spacial score (nSPS) is 18.6. The minimum atomic E-state index is 0.564. The Labute approximate surface area is 95.5 Å². The van der Waals surface area contributed by atoms with Gasteiger partial charge in [0.1, 0.15) is 5.76 Å². The van der Waals surface area contributed by atoms with Gasteiger partial charge < -0.3 is 4.74 Å². The van der Waals surface area contributed by atoms with Crippen molar-refractivity contribution in [3.8, 4) is 0 Å². The van der Waals surface area contributed by atoms with Gasteiger partial charge in [-0.25, -0.2) is 0 Å². The largest absolute Gasteiger partial charge is 0.493 e. The molecule has 1 heteroatoms. The maximum absolute atomic E-state index is 5.39. The van der Waals surface area contributed by atoms with Crippen LogP contribution < -0.4 is 0 Å². The second-order valence-electron chi connectivity index (χ2n) is 2.77. The van der Waals surface area contributed by atoms with E-state index in [-0.39, 0.29) is 0 Å². The predicted molar refractivity (Wildman–Crippen MR) is 69.8 cm³/mol. The van der Waals surface area contributed by atoms with Crippen molar-refractivity contribution in [2.75, 3.05) is 6.61 Å². The molecule has 0 fully saturated rings. The van der Waals surface area contributed by atoms with Gasteiger partial charge in [0.2, 0.25) is 0 Å². The summed E-state index contributed by atoms with van der Waals surface area (Å²) in [5, 5.41) is 0. The molecular formula is C14H26O. The zero-order valence-electron chi connectivity index (χ0n) is 11.0. The van der Waals surface area contributed by atoms with Crippen molar-refractivity contribution in [2.45, 2.75) is 41.0 Å². The first-order chi connectivity index (χ1) is 7.29. The first kappa shape index (κ1) is 16.4. The summed E-state index contributed by atoms with van der Waals surface area (Å²) in [6.45, 7) is 18.4. The topological polar surface area (TPSA) is 9.23 Å². The zero-order valence-corrected chi connectivity index (χ0v) is 11.0. The highest BCUT2D eigenvalue weighted by molar-refractivity contribution is 5.30. The lowest BCUT2D eigenvalue weighted by atomic mass is 9.95. The molecule has 1 nitrogen and oxygen atoms in total. The molecule has 0 bridgehead atoms. The molecule has 0 saturated heterocycles. The molecule has 1 unspecified atom stereocenters. The maximum atomic E-state index is 5.39. The standard InChI is InChI=1S/C10H14O.2C2H6/c1-4-9-8(3)6-7-11-10(9)5-2;2*1-2/h4-5,8H,1-2,6-7H2,3H3;2*1-2H3. The van der Waals surface area contributed by atoms with Gasteiger partial charge in [-0.3, -0.25) is 0 Å². The molecule has 0 saturated carbocycles. The Bertz CT molecular complexity index is 201. The summed E-state index contributed by atoms with van der Waals surface area (Å²) < 4.78 is 5.39. The number of hydrogen-bond donors (Lipinski definition) is 0. The van der Waals surface area contributed by atoms with Crippen LogP contribution in [0.25, 0.3) is 0 Å². The molecule has 15 heavy (non-hydrogen) atoms. The molecule has 1 aliphatic rings. The van der Waals surface area contributed by atoms with Crippen molar-refractivity contribution in [1.29, 1.82) is 0 Å². The van der Waals surface area contributed by atoms with Crippen LogP contribution in [-0.2, 0) is 4.74 Å². The summed E-state index contributed by atoms with van der Waals surface area (Å²) in [7, 11) is 0. The van der Waals surface area contributed by atoms with Crippen LogP contribution in [-0.4, -0.2) is 6.61 Å². The van der Waals surface area contributed by atoms with E-state index in [4.69, 9.17) is 4.74 Å². The molecule has 0 aromatic carbocycles. The average Bonchev–Trinajstić information content (AvgIpc) is 2.33. The molecule has 1 aliphatic heterocycles. The summed E-state index contributed by atoms with van der Waals surface area (Å²) in [5.41, 5.74) is 1.19. The van der Waals surface area contributed by atoms with Crippen molar-refractivity contribution in [3.05, 3.63) is 36.6 Å². The van der Waals surface area contributed by atoms with Gasteiger partial charge in [0, 0.05) is 0 Å². The molecule has 1 rings (SSSR count). The highest BCUT2D eigenvalue weighted by Gasteiger charge is 2.15. The van der Waals surface area contributed by atoms with E-state index in [0.717, 1.165) is 18.8 Å². The Kier molecular flexibility index (Phi) is 12.2. The fraction of sp³-hybridized carbons (Fsp3) is 0.571. The van der Waals surface area contributed by atoms with Crippen LogP contribution in [0.4, 0.5) is 0 Å². The number of ether oxygens (including phenoxy) is 1. The fourth-order valence-electron chi connectivity index (χ4n) is 1.31. The van der Waals surface area contributed by atoms with Gasteiger partial charge in [0.05, 0.1) is 6.61 Å². The maximum Gasteiger partial charge on any atom is 0.122 e. The van der Waals surface area contributed by atoms with Crippen molar-refractivity contribution < 1.29 is 4.74 Å². The summed E-state index contributed by atoms with van der Waals surface area (Å²) in [6.07, 6.45) is 4.70. The lowest BCUT2D eigenvalue weighted by molar-refractivity contribution is 0.183. The zero-order chi connectivity index (χ0) is 12.3. The van der Waals surface area contributed by atoms with Gasteiger partial charge in [0.25, 0.3) is 0 Å². The minimum absolute atomic E-state index is 0.564. The van der Waals surface area contributed by atoms with Gasteiger partial charge in [-0.2, -0.15) is 0 Å². The summed E-state index contributed by atoms with van der Waals surface area (Å²) >= 11 is 0. The Morgan fingerprint density at radius 2 is 1.67 bits per heavy atom. The molecule has 0 radical (unpaired) electrons. The van der Waals surface area contributed by atoms with Crippen LogP contribution in [0.1, 0.15) is 41.0 Å². The lowest BCUT2D eigenvalue weighted by Gasteiger charge is -2.22. The fourth-order valence-corrected chi connectivity index (χ4v) is 1.31. The number of allylic oxidation sites excluding steroid dienone is 3. The first-order valence-corrected chi connectivity index (χ1v) is 5.91. The second kappa shape index (κ2) is 11.1. The predicted octanol–water partition coefficient (Wildman–Crippen LogP) is 4.72. The van der Waals surface area contributed by atoms with Crippen molar-refractivity contribution in [2.24, 2.45) is 5.92 Å². The third kappa shape index (κ3) is 5.46. The smallest absolute Gasteiger partial charge is 0.122 e. The molecular weight excluding hydrogens is 184 g/mol. The van der Waals surface area contributed by atoms with E-state index in [1.54, 1.807) is 6.08 Å². The van der Waals surface area contributed by atoms with E-state index in [2.05, 4.69) is 20.1 Å². The van der Waals surface area contributed by atoms with Crippen LogP contribution in [0, 0.1) is 5.92 Å². The minimum Gasteiger partial charge on any atom is -0.493 e. The van der Waals surface area contributed by atoms with Gasteiger partial charge >= 0.3 is 0 Å². The molecule has 0 aromatic heterocycles. The summed E-state index contributed by atoms with van der Waals surface area (Å²) in [6, 6.07) is 0. The number of hydrogen-bond acceptors (Lipinski definition) is 1. The highest BCUT2D eigenvalue weighted by Crippen LogP contribution is 2.25. The monoisotopic (exact) mass is 210 g/mol. The molecule has 0 spiro atoms. The Hall–Kier alpha value is -0.980. The van der Waals surface area contributed by atoms with Gasteiger partial charge in [-0.05, 0) is 24.0 Å². The third-order valence-electron chi connectivity index (χ3n) is 2.03. The van der Waals surface area contributed by atoms with Crippen LogP contribution in [0.2, 0.25) is 0 Å². The van der Waals surface area contributed by atoms with Crippen LogP contribution in [0.5, 0.6) is 0 Å². The highest BCUT2D eigenvalue weighted by atomic mass is 16.5. The van der Waals surface area contributed by atoms with Crippen molar-refractivity contribution in [1.82, 2.24) is 0 Å². The molecule has 0 amide bonds.